The van der Waals surface area contributed by atoms with Gasteiger partial charge in [-0.05, 0) is 31.9 Å². The molecular weight excluding hydrogens is 248 g/mol. The minimum Gasteiger partial charge on any atom is -0.470 e. The van der Waals surface area contributed by atoms with Crippen LogP contribution >= 0.6 is 0 Å². The maximum atomic E-state index is 10.9. The number of nitro groups is 1. The van der Waals surface area contributed by atoms with Gasteiger partial charge in [-0.15, -0.1) is 0 Å². The first kappa shape index (κ1) is 13.5. The molecule has 1 aromatic rings. The SMILES string of the molecule is CC(C)Oc1nc(C2=CCOCC2)ccc1[N+](=O)[O-]. The van der Waals surface area contributed by atoms with E-state index in [0.717, 1.165) is 12.0 Å². The predicted molar refractivity (Wildman–Crippen MR) is 70.1 cm³/mol. The van der Waals surface area contributed by atoms with Gasteiger partial charge in [-0.3, -0.25) is 10.1 Å². The van der Waals surface area contributed by atoms with E-state index in [1.807, 2.05) is 19.9 Å². The molecule has 1 aliphatic rings. The molecule has 0 radical (unpaired) electrons. The third-order valence-corrected chi connectivity index (χ3v) is 2.68. The Balaban J connectivity index is 2.36. The van der Waals surface area contributed by atoms with Gasteiger partial charge in [-0.25, -0.2) is 4.98 Å². The zero-order valence-electron chi connectivity index (χ0n) is 11.0. The molecule has 19 heavy (non-hydrogen) atoms. The van der Waals surface area contributed by atoms with Crippen LogP contribution < -0.4 is 4.74 Å². The summed E-state index contributed by atoms with van der Waals surface area (Å²) in [6, 6.07) is 3.10. The molecule has 6 heteroatoms. The van der Waals surface area contributed by atoms with E-state index >= 15 is 0 Å². The second-order valence-electron chi connectivity index (χ2n) is 4.50. The zero-order valence-corrected chi connectivity index (χ0v) is 11.0. The highest BCUT2D eigenvalue weighted by Gasteiger charge is 2.20. The molecule has 0 saturated carbocycles. The van der Waals surface area contributed by atoms with Gasteiger partial charge in [0.15, 0.2) is 0 Å². The van der Waals surface area contributed by atoms with Gasteiger partial charge in [0.05, 0.1) is 29.9 Å². The third kappa shape index (κ3) is 3.29. The Morgan fingerprint density at radius 2 is 2.26 bits per heavy atom. The Morgan fingerprint density at radius 1 is 1.47 bits per heavy atom. The molecule has 2 rings (SSSR count). The van der Waals surface area contributed by atoms with Crippen LogP contribution in [0.3, 0.4) is 0 Å². The Labute approximate surface area is 111 Å². The Morgan fingerprint density at radius 3 is 2.84 bits per heavy atom. The van der Waals surface area contributed by atoms with Gasteiger partial charge >= 0.3 is 5.69 Å². The standard InChI is InChI=1S/C13H16N2O4/c1-9(2)19-13-12(15(16)17)4-3-11(14-13)10-5-7-18-8-6-10/h3-5,9H,6-8H2,1-2H3. The van der Waals surface area contributed by atoms with Crippen molar-refractivity contribution in [2.24, 2.45) is 0 Å². The third-order valence-electron chi connectivity index (χ3n) is 2.68. The highest BCUT2D eigenvalue weighted by atomic mass is 16.6. The molecule has 102 valence electrons. The van der Waals surface area contributed by atoms with Crippen molar-refractivity contribution in [3.8, 4) is 5.88 Å². The first-order valence-electron chi connectivity index (χ1n) is 6.17. The lowest BCUT2D eigenvalue weighted by molar-refractivity contribution is -0.386. The summed E-state index contributed by atoms with van der Waals surface area (Å²) in [6.45, 7) is 4.82. The summed E-state index contributed by atoms with van der Waals surface area (Å²) in [7, 11) is 0. The van der Waals surface area contributed by atoms with E-state index < -0.39 is 4.92 Å². The van der Waals surface area contributed by atoms with Crippen LogP contribution in [0.2, 0.25) is 0 Å². The first-order valence-corrected chi connectivity index (χ1v) is 6.17. The van der Waals surface area contributed by atoms with Crippen molar-refractivity contribution in [2.75, 3.05) is 13.2 Å². The van der Waals surface area contributed by atoms with Crippen LogP contribution in [0, 0.1) is 10.1 Å². The van der Waals surface area contributed by atoms with Crippen LogP contribution in [-0.2, 0) is 4.74 Å². The lowest BCUT2D eigenvalue weighted by atomic mass is 10.1. The second kappa shape index (κ2) is 5.79. The average Bonchev–Trinajstić information content (AvgIpc) is 2.38. The molecule has 0 bridgehead atoms. The summed E-state index contributed by atoms with van der Waals surface area (Å²) < 4.78 is 10.7. The maximum Gasteiger partial charge on any atom is 0.331 e. The minimum atomic E-state index is -0.479. The van der Waals surface area contributed by atoms with Crippen LogP contribution in [0.1, 0.15) is 26.0 Å². The van der Waals surface area contributed by atoms with Crippen LogP contribution in [0.5, 0.6) is 5.88 Å². The molecule has 0 unspecified atom stereocenters. The first-order chi connectivity index (χ1) is 9.08. The van der Waals surface area contributed by atoms with E-state index in [2.05, 4.69) is 4.98 Å². The van der Waals surface area contributed by atoms with Crippen LogP contribution in [-0.4, -0.2) is 29.2 Å². The molecule has 0 spiro atoms. The summed E-state index contributed by atoms with van der Waals surface area (Å²) >= 11 is 0. The number of hydrogen-bond donors (Lipinski definition) is 0. The Hall–Kier alpha value is -1.95. The molecular formula is C13H16N2O4. The molecule has 0 amide bonds. The molecule has 0 aromatic carbocycles. The van der Waals surface area contributed by atoms with Gasteiger partial charge in [-0.2, -0.15) is 0 Å². The van der Waals surface area contributed by atoms with E-state index in [0.29, 0.717) is 18.9 Å². The van der Waals surface area contributed by atoms with Crippen molar-refractivity contribution in [1.82, 2.24) is 4.98 Å². The summed E-state index contributed by atoms with van der Waals surface area (Å²) in [5, 5.41) is 10.9. The number of rotatable bonds is 4. The van der Waals surface area contributed by atoms with Crippen LogP contribution in [0.4, 0.5) is 5.69 Å². The van der Waals surface area contributed by atoms with Gasteiger partial charge in [0.2, 0.25) is 0 Å². The molecule has 6 nitrogen and oxygen atoms in total. The molecule has 1 aliphatic heterocycles. The normalized spacial score (nSPS) is 15.2. The summed E-state index contributed by atoms with van der Waals surface area (Å²) in [4.78, 5) is 14.7. The van der Waals surface area contributed by atoms with Gasteiger partial charge in [0, 0.05) is 6.07 Å². The lowest BCUT2D eigenvalue weighted by Crippen LogP contribution is -2.11. The number of ether oxygens (including phenoxy) is 2. The summed E-state index contributed by atoms with van der Waals surface area (Å²) in [5.41, 5.74) is 1.64. The highest BCUT2D eigenvalue weighted by molar-refractivity contribution is 5.65. The van der Waals surface area contributed by atoms with Crippen molar-refractivity contribution in [1.29, 1.82) is 0 Å². The Kier molecular flexibility index (Phi) is 4.11. The molecule has 0 N–H and O–H groups in total. The fraction of sp³-hybridized carbons (Fsp3) is 0.462. The van der Waals surface area contributed by atoms with E-state index in [-0.39, 0.29) is 17.7 Å². The monoisotopic (exact) mass is 264 g/mol. The average molecular weight is 264 g/mol. The largest absolute Gasteiger partial charge is 0.470 e. The van der Waals surface area contributed by atoms with Gasteiger partial charge < -0.3 is 9.47 Å². The molecule has 0 aliphatic carbocycles. The highest BCUT2D eigenvalue weighted by Crippen LogP contribution is 2.29. The van der Waals surface area contributed by atoms with Gasteiger partial charge in [0.25, 0.3) is 5.88 Å². The fourth-order valence-corrected chi connectivity index (χ4v) is 1.82. The van der Waals surface area contributed by atoms with Crippen molar-refractivity contribution in [2.45, 2.75) is 26.4 Å². The molecule has 0 fully saturated rings. The minimum absolute atomic E-state index is 0.0740. The van der Waals surface area contributed by atoms with Crippen LogP contribution in [0.15, 0.2) is 18.2 Å². The molecule has 0 saturated heterocycles. The predicted octanol–water partition coefficient (Wildman–Crippen LogP) is 2.58. The zero-order chi connectivity index (χ0) is 13.8. The van der Waals surface area contributed by atoms with Crippen molar-refractivity contribution in [3.63, 3.8) is 0 Å². The number of pyridine rings is 1. The molecule has 0 atom stereocenters. The van der Waals surface area contributed by atoms with E-state index in [1.165, 1.54) is 6.07 Å². The topological polar surface area (TPSA) is 74.5 Å². The fourth-order valence-electron chi connectivity index (χ4n) is 1.82. The van der Waals surface area contributed by atoms with Gasteiger partial charge in [0.1, 0.15) is 0 Å². The summed E-state index contributed by atoms with van der Waals surface area (Å²) in [6.07, 6.45) is 2.54. The quantitative estimate of drug-likeness (QED) is 0.617. The van der Waals surface area contributed by atoms with E-state index in [9.17, 15) is 10.1 Å². The van der Waals surface area contributed by atoms with Gasteiger partial charge in [-0.1, -0.05) is 6.08 Å². The van der Waals surface area contributed by atoms with Crippen molar-refractivity contribution < 1.29 is 14.4 Å². The van der Waals surface area contributed by atoms with Crippen molar-refractivity contribution in [3.05, 3.63) is 34.0 Å². The summed E-state index contributed by atoms with van der Waals surface area (Å²) in [5.74, 6) is 0.0740. The van der Waals surface area contributed by atoms with E-state index in [4.69, 9.17) is 9.47 Å². The number of aromatic nitrogens is 1. The maximum absolute atomic E-state index is 10.9. The Bertz CT molecular complexity index is 511. The van der Waals surface area contributed by atoms with Crippen LogP contribution in [0.25, 0.3) is 5.57 Å². The molecule has 1 aromatic heterocycles. The van der Waals surface area contributed by atoms with E-state index in [1.54, 1.807) is 6.07 Å². The lowest BCUT2D eigenvalue weighted by Gasteiger charge is -2.14. The smallest absolute Gasteiger partial charge is 0.331 e. The second-order valence-corrected chi connectivity index (χ2v) is 4.50. The number of hydrogen-bond acceptors (Lipinski definition) is 5. The van der Waals surface area contributed by atoms with Crippen molar-refractivity contribution >= 4 is 11.3 Å². The molecule has 2 heterocycles. The number of nitrogens with zero attached hydrogens (tertiary/aromatic N) is 2.